The number of aromatic nitrogens is 3. The number of benzene rings is 1. The molecule has 0 spiro atoms. The van der Waals surface area contributed by atoms with Crippen LogP contribution >= 0.6 is 0 Å². The molecule has 3 aromatic rings. The van der Waals surface area contributed by atoms with Crippen LogP contribution in [0, 0.1) is 6.92 Å². The lowest BCUT2D eigenvalue weighted by molar-refractivity contribution is 1.06. The molecular formula is C19H19N5. The second-order valence-corrected chi connectivity index (χ2v) is 6.06. The Kier molecular flexibility index (Phi) is 3.83. The van der Waals surface area contributed by atoms with Crippen LogP contribution in [0.4, 0.5) is 17.5 Å². The molecule has 120 valence electrons. The number of nitrogens with one attached hydrogen (secondary N) is 2. The van der Waals surface area contributed by atoms with E-state index in [0.717, 1.165) is 22.8 Å². The van der Waals surface area contributed by atoms with Crippen LogP contribution in [0.1, 0.15) is 18.4 Å². The number of pyridine rings is 1. The minimum Gasteiger partial charge on any atom is -0.351 e. The molecular weight excluding hydrogens is 298 g/mol. The van der Waals surface area contributed by atoms with Crippen molar-refractivity contribution in [1.29, 1.82) is 0 Å². The van der Waals surface area contributed by atoms with Crippen molar-refractivity contribution in [3.8, 4) is 11.3 Å². The van der Waals surface area contributed by atoms with Crippen molar-refractivity contribution in [2.75, 3.05) is 10.6 Å². The predicted molar refractivity (Wildman–Crippen MR) is 96.4 cm³/mol. The van der Waals surface area contributed by atoms with Crippen LogP contribution in [0.3, 0.4) is 0 Å². The van der Waals surface area contributed by atoms with Gasteiger partial charge in [0.1, 0.15) is 5.82 Å². The third kappa shape index (κ3) is 3.35. The first-order valence-corrected chi connectivity index (χ1v) is 8.16. The molecule has 0 unspecified atom stereocenters. The van der Waals surface area contributed by atoms with E-state index >= 15 is 0 Å². The van der Waals surface area contributed by atoms with Crippen LogP contribution in [0.25, 0.3) is 11.3 Å². The molecule has 2 heterocycles. The lowest BCUT2D eigenvalue weighted by Crippen LogP contribution is -2.08. The predicted octanol–water partition coefficient (Wildman–Crippen LogP) is 4.16. The number of hydrogen-bond donors (Lipinski definition) is 2. The Morgan fingerprint density at radius 1 is 1.00 bits per heavy atom. The molecule has 4 rings (SSSR count). The summed E-state index contributed by atoms with van der Waals surface area (Å²) < 4.78 is 0. The van der Waals surface area contributed by atoms with Gasteiger partial charge in [0, 0.05) is 35.8 Å². The quantitative estimate of drug-likeness (QED) is 0.739. The second-order valence-electron chi connectivity index (χ2n) is 6.06. The number of para-hydroxylation sites is 1. The van der Waals surface area contributed by atoms with Gasteiger partial charge in [-0.05, 0) is 43.5 Å². The molecule has 1 fully saturated rings. The van der Waals surface area contributed by atoms with E-state index in [0.29, 0.717) is 12.0 Å². The average Bonchev–Trinajstić information content (AvgIpc) is 3.42. The van der Waals surface area contributed by atoms with Gasteiger partial charge in [0.2, 0.25) is 5.95 Å². The number of hydrogen-bond acceptors (Lipinski definition) is 5. The van der Waals surface area contributed by atoms with E-state index in [1.165, 1.54) is 18.4 Å². The highest BCUT2D eigenvalue weighted by molar-refractivity contribution is 5.68. The van der Waals surface area contributed by atoms with Crippen LogP contribution in [0.2, 0.25) is 0 Å². The van der Waals surface area contributed by atoms with Crippen molar-refractivity contribution in [3.05, 3.63) is 60.4 Å². The van der Waals surface area contributed by atoms with Crippen LogP contribution in [0.15, 0.2) is 54.9 Å². The monoisotopic (exact) mass is 317 g/mol. The molecule has 0 saturated heterocycles. The lowest BCUT2D eigenvalue weighted by Gasteiger charge is -2.12. The number of aryl methyl sites for hydroxylation is 1. The zero-order valence-electron chi connectivity index (χ0n) is 13.5. The van der Waals surface area contributed by atoms with Crippen molar-refractivity contribution < 1.29 is 0 Å². The first-order valence-electron chi connectivity index (χ1n) is 8.16. The van der Waals surface area contributed by atoms with Crippen LogP contribution in [-0.2, 0) is 0 Å². The van der Waals surface area contributed by atoms with Crippen molar-refractivity contribution in [2.45, 2.75) is 25.8 Å². The summed E-state index contributed by atoms with van der Waals surface area (Å²) in [5.74, 6) is 1.46. The number of nitrogens with zero attached hydrogens (tertiary/aromatic N) is 3. The van der Waals surface area contributed by atoms with Gasteiger partial charge in [0.25, 0.3) is 0 Å². The molecule has 1 aromatic carbocycles. The molecule has 0 atom stereocenters. The molecule has 1 saturated carbocycles. The van der Waals surface area contributed by atoms with E-state index in [1.54, 1.807) is 12.4 Å². The molecule has 2 aromatic heterocycles. The van der Waals surface area contributed by atoms with Crippen molar-refractivity contribution in [1.82, 2.24) is 15.0 Å². The third-order valence-electron chi connectivity index (χ3n) is 4.02. The van der Waals surface area contributed by atoms with E-state index in [9.17, 15) is 0 Å². The van der Waals surface area contributed by atoms with E-state index in [4.69, 9.17) is 0 Å². The molecule has 5 heteroatoms. The zero-order valence-corrected chi connectivity index (χ0v) is 13.5. The van der Waals surface area contributed by atoms with Gasteiger partial charge in [-0.1, -0.05) is 18.2 Å². The Hall–Kier alpha value is -2.95. The van der Waals surface area contributed by atoms with Gasteiger partial charge in [-0.2, -0.15) is 4.98 Å². The molecule has 2 N–H and O–H groups in total. The normalized spacial score (nSPS) is 13.5. The number of anilines is 3. The molecule has 0 amide bonds. The van der Waals surface area contributed by atoms with Crippen molar-refractivity contribution >= 4 is 17.5 Å². The van der Waals surface area contributed by atoms with Gasteiger partial charge >= 0.3 is 0 Å². The summed E-state index contributed by atoms with van der Waals surface area (Å²) in [6, 6.07) is 14.6. The van der Waals surface area contributed by atoms with Crippen LogP contribution < -0.4 is 10.6 Å². The maximum absolute atomic E-state index is 4.66. The molecule has 24 heavy (non-hydrogen) atoms. The summed E-state index contributed by atoms with van der Waals surface area (Å²) in [6.07, 6.45) is 5.92. The minimum absolute atomic E-state index is 0.504. The van der Waals surface area contributed by atoms with Crippen LogP contribution in [-0.4, -0.2) is 21.0 Å². The third-order valence-corrected chi connectivity index (χ3v) is 4.02. The molecule has 5 nitrogen and oxygen atoms in total. The van der Waals surface area contributed by atoms with Gasteiger partial charge in [0.05, 0.1) is 5.69 Å². The Morgan fingerprint density at radius 2 is 1.79 bits per heavy atom. The van der Waals surface area contributed by atoms with Gasteiger partial charge in [-0.3, -0.25) is 4.98 Å². The Morgan fingerprint density at radius 3 is 2.54 bits per heavy atom. The van der Waals surface area contributed by atoms with Crippen molar-refractivity contribution in [2.24, 2.45) is 0 Å². The first kappa shape index (κ1) is 14.6. The van der Waals surface area contributed by atoms with Gasteiger partial charge in [-0.25, -0.2) is 4.98 Å². The van der Waals surface area contributed by atoms with Gasteiger partial charge < -0.3 is 10.6 Å². The van der Waals surface area contributed by atoms with Gasteiger partial charge in [0.15, 0.2) is 0 Å². The minimum atomic E-state index is 0.504. The average molecular weight is 317 g/mol. The Bertz CT molecular complexity index is 843. The lowest BCUT2D eigenvalue weighted by atomic mass is 10.2. The highest BCUT2D eigenvalue weighted by Crippen LogP contribution is 2.27. The van der Waals surface area contributed by atoms with Crippen LogP contribution in [0.5, 0.6) is 0 Å². The zero-order chi connectivity index (χ0) is 16.4. The standard InChI is InChI=1S/C19H19N5/c1-13-4-2-3-5-16(13)22-18-12-17(14-8-10-20-11-9-14)23-19(24-18)21-15-6-7-15/h2-5,8-12,15H,6-7H2,1H3,(H2,21,22,23,24). The number of rotatable bonds is 5. The Balaban J connectivity index is 1.71. The summed E-state index contributed by atoms with van der Waals surface area (Å²) in [6.45, 7) is 2.08. The van der Waals surface area contributed by atoms with E-state index in [1.807, 2.05) is 30.3 Å². The fraction of sp³-hybridized carbons (Fsp3) is 0.211. The second kappa shape index (κ2) is 6.28. The maximum Gasteiger partial charge on any atom is 0.225 e. The molecule has 1 aliphatic rings. The summed E-state index contributed by atoms with van der Waals surface area (Å²) in [5.41, 5.74) is 4.14. The summed E-state index contributed by atoms with van der Waals surface area (Å²) in [7, 11) is 0. The highest BCUT2D eigenvalue weighted by atomic mass is 15.2. The maximum atomic E-state index is 4.66. The molecule has 1 aliphatic carbocycles. The molecule has 0 bridgehead atoms. The first-order chi connectivity index (χ1) is 11.8. The van der Waals surface area contributed by atoms with E-state index in [2.05, 4.69) is 44.6 Å². The fourth-order valence-electron chi connectivity index (χ4n) is 2.51. The Labute approximate surface area is 141 Å². The van der Waals surface area contributed by atoms with E-state index in [-0.39, 0.29) is 0 Å². The highest BCUT2D eigenvalue weighted by Gasteiger charge is 2.22. The van der Waals surface area contributed by atoms with E-state index < -0.39 is 0 Å². The summed E-state index contributed by atoms with van der Waals surface area (Å²) >= 11 is 0. The molecule has 0 aliphatic heterocycles. The largest absolute Gasteiger partial charge is 0.351 e. The summed E-state index contributed by atoms with van der Waals surface area (Å²) in [4.78, 5) is 13.4. The van der Waals surface area contributed by atoms with Gasteiger partial charge in [-0.15, -0.1) is 0 Å². The van der Waals surface area contributed by atoms with Crippen molar-refractivity contribution in [3.63, 3.8) is 0 Å². The SMILES string of the molecule is Cc1ccccc1Nc1cc(-c2ccncc2)nc(NC2CC2)n1. The fourth-order valence-corrected chi connectivity index (χ4v) is 2.51. The smallest absolute Gasteiger partial charge is 0.225 e. The topological polar surface area (TPSA) is 62.7 Å². The summed E-state index contributed by atoms with van der Waals surface area (Å²) in [5, 5.41) is 6.80. The molecule has 0 radical (unpaired) electrons.